The monoisotopic (exact) mass is 404 g/mol. The highest BCUT2D eigenvalue weighted by Gasteiger charge is 2.29. The maximum absolute atomic E-state index is 4.89. The molecule has 0 aliphatic carbocycles. The van der Waals surface area contributed by atoms with Crippen LogP contribution >= 0.6 is 0 Å². The molecule has 2 nitrogen and oxygen atoms in total. The highest BCUT2D eigenvalue weighted by atomic mass is 15.2. The Bertz CT molecular complexity index is 690. The Balaban J connectivity index is 1.53. The third-order valence-electron chi connectivity index (χ3n) is 6.64. The Morgan fingerprint density at radius 3 is 1.93 bits per heavy atom. The molecule has 2 aromatic rings. The average molecular weight is 405 g/mol. The molecular weight excluding hydrogens is 364 g/mol. The standard InChI is InChI=1S/C28H40N2/c1-3-4-5-6-7-14-21-29-24(2)30-22-19-27(20-23-30)28(25-15-10-8-11-16-25)26-17-12-9-13-18-26/h8-13,15-18,27-28H,3-7,14,19-23H2,1-2H3/b29-24+. The lowest BCUT2D eigenvalue weighted by molar-refractivity contribution is 0.248. The summed E-state index contributed by atoms with van der Waals surface area (Å²) in [6.45, 7) is 7.75. The zero-order valence-corrected chi connectivity index (χ0v) is 19.1. The summed E-state index contributed by atoms with van der Waals surface area (Å²) in [7, 11) is 0. The van der Waals surface area contributed by atoms with Crippen LogP contribution < -0.4 is 0 Å². The first-order chi connectivity index (χ1) is 14.8. The molecule has 0 atom stereocenters. The highest BCUT2D eigenvalue weighted by molar-refractivity contribution is 5.79. The first kappa shape index (κ1) is 22.6. The number of likely N-dealkylation sites (tertiary alicyclic amines) is 1. The van der Waals surface area contributed by atoms with Crippen molar-refractivity contribution in [2.45, 2.75) is 71.1 Å². The molecule has 0 radical (unpaired) electrons. The summed E-state index contributed by atoms with van der Waals surface area (Å²) < 4.78 is 0. The number of amidine groups is 1. The van der Waals surface area contributed by atoms with Gasteiger partial charge in [-0.15, -0.1) is 0 Å². The number of benzene rings is 2. The van der Waals surface area contributed by atoms with Crippen LogP contribution in [0.5, 0.6) is 0 Å². The van der Waals surface area contributed by atoms with Crippen molar-refractivity contribution in [2.24, 2.45) is 10.9 Å². The molecule has 1 saturated heterocycles. The number of aliphatic imine (C=N–C) groups is 1. The zero-order chi connectivity index (χ0) is 21.0. The molecule has 3 rings (SSSR count). The largest absolute Gasteiger partial charge is 0.361 e. The number of hydrogen-bond donors (Lipinski definition) is 0. The Labute approximate surface area is 184 Å². The number of nitrogens with zero attached hydrogens (tertiary/aromatic N) is 2. The van der Waals surface area contributed by atoms with Crippen LogP contribution in [-0.4, -0.2) is 30.4 Å². The van der Waals surface area contributed by atoms with Gasteiger partial charge < -0.3 is 4.90 Å². The second-order valence-electron chi connectivity index (χ2n) is 8.82. The molecule has 0 N–H and O–H groups in total. The van der Waals surface area contributed by atoms with E-state index in [4.69, 9.17) is 4.99 Å². The quantitative estimate of drug-likeness (QED) is 0.230. The van der Waals surface area contributed by atoms with Crippen LogP contribution in [0, 0.1) is 5.92 Å². The van der Waals surface area contributed by atoms with Crippen LogP contribution in [0.4, 0.5) is 0 Å². The van der Waals surface area contributed by atoms with E-state index in [0.29, 0.717) is 11.8 Å². The minimum absolute atomic E-state index is 0.495. The molecule has 0 saturated carbocycles. The van der Waals surface area contributed by atoms with Crippen LogP contribution in [0.1, 0.15) is 82.3 Å². The van der Waals surface area contributed by atoms with Gasteiger partial charge in [0, 0.05) is 25.6 Å². The average Bonchev–Trinajstić information content (AvgIpc) is 2.80. The fourth-order valence-corrected chi connectivity index (χ4v) is 4.85. The van der Waals surface area contributed by atoms with Crippen molar-refractivity contribution < 1.29 is 0 Å². The molecule has 2 heteroatoms. The lowest BCUT2D eigenvalue weighted by atomic mass is 9.76. The second-order valence-corrected chi connectivity index (χ2v) is 8.82. The summed E-state index contributed by atoms with van der Waals surface area (Å²) in [6.07, 6.45) is 10.5. The van der Waals surface area contributed by atoms with Gasteiger partial charge in [-0.3, -0.25) is 4.99 Å². The normalized spacial score (nSPS) is 15.7. The van der Waals surface area contributed by atoms with Crippen LogP contribution in [0.15, 0.2) is 65.7 Å². The lowest BCUT2D eigenvalue weighted by Crippen LogP contribution is -2.39. The zero-order valence-electron chi connectivity index (χ0n) is 19.1. The fraction of sp³-hybridized carbons (Fsp3) is 0.536. The van der Waals surface area contributed by atoms with Gasteiger partial charge in [0.05, 0.1) is 5.84 Å². The molecule has 0 spiro atoms. The Kier molecular flexibility index (Phi) is 9.47. The number of piperidine rings is 1. The maximum atomic E-state index is 4.89. The van der Waals surface area contributed by atoms with Gasteiger partial charge in [0.25, 0.3) is 0 Å². The first-order valence-electron chi connectivity index (χ1n) is 12.2. The van der Waals surface area contributed by atoms with Crippen molar-refractivity contribution in [3.63, 3.8) is 0 Å². The van der Waals surface area contributed by atoms with E-state index in [-0.39, 0.29) is 0 Å². The smallest absolute Gasteiger partial charge is 0.0957 e. The van der Waals surface area contributed by atoms with Crippen molar-refractivity contribution in [3.05, 3.63) is 71.8 Å². The van der Waals surface area contributed by atoms with E-state index in [1.807, 2.05) is 0 Å². The van der Waals surface area contributed by atoms with Gasteiger partial charge in [-0.2, -0.15) is 0 Å². The van der Waals surface area contributed by atoms with Gasteiger partial charge >= 0.3 is 0 Å². The summed E-state index contributed by atoms with van der Waals surface area (Å²) >= 11 is 0. The highest BCUT2D eigenvalue weighted by Crippen LogP contribution is 2.37. The van der Waals surface area contributed by atoms with Crippen molar-refractivity contribution in [3.8, 4) is 0 Å². The topological polar surface area (TPSA) is 15.6 Å². The van der Waals surface area contributed by atoms with E-state index >= 15 is 0 Å². The van der Waals surface area contributed by atoms with Gasteiger partial charge in [0.15, 0.2) is 0 Å². The third-order valence-corrected chi connectivity index (χ3v) is 6.64. The Hall–Kier alpha value is -2.09. The van der Waals surface area contributed by atoms with Crippen LogP contribution in [0.2, 0.25) is 0 Å². The minimum Gasteiger partial charge on any atom is -0.361 e. The minimum atomic E-state index is 0.495. The molecule has 1 fully saturated rings. The Morgan fingerprint density at radius 1 is 0.833 bits per heavy atom. The maximum Gasteiger partial charge on any atom is 0.0957 e. The molecule has 0 amide bonds. The molecule has 0 unspecified atom stereocenters. The first-order valence-corrected chi connectivity index (χ1v) is 12.2. The number of hydrogen-bond acceptors (Lipinski definition) is 1. The fourth-order valence-electron chi connectivity index (χ4n) is 4.85. The molecule has 2 aromatic carbocycles. The summed E-state index contributed by atoms with van der Waals surface area (Å²) in [5.41, 5.74) is 2.91. The molecule has 0 bridgehead atoms. The number of rotatable bonds is 10. The van der Waals surface area contributed by atoms with Crippen molar-refractivity contribution in [1.82, 2.24) is 4.90 Å². The van der Waals surface area contributed by atoms with E-state index in [1.54, 1.807) is 0 Å². The van der Waals surface area contributed by atoms with Gasteiger partial charge in [-0.25, -0.2) is 0 Å². The van der Waals surface area contributed by atoms with Gasteiger partial charge in [0.2, 0.25) is 0 Å². The summed E-state index contributed by atoms with van der Waals surface area (Å²) in [5.74, 6) is 2.44. The molecule has 30 heavy (non-hydrogen) atoms. The molecule has 1 aliphatic rings. The summed E-state index contributed by atoms with van der Waals surface area (Å²) in [6, 6.07) is 22.2. The predicted molar refractivity (Wildman–Crippen MR) is 130 cm³/mol. The summed E-state index contributed by atoms with van der Waals surface area (Å²) in [4.78, 5) is 7.41. The lowest BCUT2D eigenvalue weighted by Gasteiger charge is -2.37. The molecular formula is C28H40N2. The molecule has 1 aliphatic heterocycles. The molecule has 162 valence electrons. The van der Waals surface area contributed by atoms with E-state index in [1.165, 1.54) is 68.3 Å². The second kappa shape index (κ2) is 12.6. The molecule has 1 heterocycles. The SMILES string of the molecule is CCCCCCCC/N=C(\C)N1CCC(C(c2ccccc2)c2ccccc2)CC1. The number of unbranched alkanes of at least 4 members (excludes halogenated alkanes) is 5. The molecule has 0 aromatic heterocycles. The van der Waals surface area contributed by atoms with Crippen molar-refractivity contribution in [1.29, 1.82) is 0 Å². The van der Waals surface area contributed by atoms with E-state index < -0.39 is 0 Å². The van der Waals surface area contributed by atoms with Gasteiger partial charge in [-0.1, -0.05) is 99.7 Å². The predicted octanol–water partition coefficient (Wildman–Crippen LogP) is 7.31. The van der Waals surface area contributed by atoms with Crippen LogP contribution in [0.25, 0.3) is 0 Å². The van der Waals surface area contributed by atoms with Gasteiger partial charge in [0.1, 0.15) is 0 Å². The van der Waals surface area contributed by atoms with Crippen LogP contribution in [0.3, 0.4) is 0 Å². The van der Waals surface area contributed by atoms with Crippen LogP contribution in [-0.2, 0) is 0 Å². The van der Waals surface area contributed by atoms with E-state index in [9.17, 15) is 0 Å². The van der Waals surface area contributed by atoms with E-state index in [0.717, 1.165) is 19.6 Å². The van der Waals surface area contributed by atoms with Crippen molar-refractivity contribution in [2.75, 3.05) is 19.6 Å². The van der Waals surface area contributed by atoms with E-state index in [2.05, 4.69) is 79.4 Å². The third kappa shape index (κ3) is 6.72. The van der Waals surface area contributed by atoms with Crippen molar-refractivity contribution >= 4 is 5.84 Å². The Morgan fingerprint density at radius 2 is 1.37 bits per heavy atom. The summed E-state index contributed by atoms with van der Waals surface area (Å²) in [5, 5.41) is 0. The van der Waals surface area contributed by atoms with Gasteiger partial charge in [-0.05, 0) is 43.2 Å².